The van der Waals surface area contributed by atoms with Gasteiger partial charge in [-0.2, -0.15) is 0 Å². The van der Waals surface area contributed by atoms with Crippen LogP contribution in [0.25, 0.3) is 0 Å². The molecule has 27 heavy (non-hydrogen) atoms. The largest absolute Gasteiger partial charge is 0.337 e. The molecule has 3 rings (SSSR count). The van der Waals surface area contributed by atoms with Crippen LogP contribution in [0.15, 0.2) is 11.6 Å². The van der Waals surface area contributed by atoms with Crippen LogP contribution in [-0.2, 0) is 81.4 Å². The van der Waals surface area contributed by atoms with Crippen LogP contribution in [0.5, 0.6) is 0 Å². The molecular formula is C15H26Mo3NO6P2+. The van der Waals surface area contributed by atoms with Crippen LogP contribution in [0.1, 0.15) is 58.3 Å². The van der Waals surface area contributed by atoms with Gasteiger partial charge < -0.3 is 14.6 Å². The molecule has 1 unspecified atom stereocenters. The molecule has 0 aromatic rings. The number of hydrogen-bond donors (Lipinski definition) is 1. The van der Waals surface area contributed by atoms with Crippen molar-refractivity contribution in [1.82, 2.24) is 5.06 Å². The van der Waals surface area contributed by atoms with Crippen molar-refractivity contribution in [2.24, 2.45) is 0 Å². The van der Waals surface area contributed by atoms with Gasteiger partial charge in [0.1, 0.15) is 11.1 Å². The first-order valence-electron chi connectivity index (χ1n) is 8.51. The molecule has 2 fully saturated rings. The van der Waals surface area contributed by atoms with Crippen LogP contribution >= 0.6 is 16.9 Å². The fourth-order valence-electron chi connectivity index (χ4n) is 4.78. The van der Waals surface area contributed by atoms with Crippen molar-refractivity contribution in [3.8, 4) is 0 Å². The first-order chi connectivity index (χ1) is 11.4. The Kier molecular flexibility index (Phi) is 13.0. The van der Waals surface area contributed by atoms with Gasteiger partial charge in [0.2, 0.25) is 0 Å². The summed E-state index contributed by atoms with van der Waals surface area (Å²) in [7, 11) is -3.16. The summed E-state index contributed by atoms with van der Waals surface area (Å²) in [6, 6.07) is 0. The molecule has 1 aliphatic heterocycles. The van der Waals surface area contributed by atoms with Gasteiger partial charge in [-0.3, -0.25) is 9.09 Å². The van der Waals surface area contributed by atoms with Gasteiger partial charge in [0, 0.05) is 63.2 Å². The van der Waals surface area contributed by atoms with Gasteiger partial charge in [-0.05, 0) is 63.9 Å². The molecule has 2 spiro atoms. The molecule has 0 bridgehead atoms. The van der Waals surface area contributed by atoms with Crippen LogP contribution in [0.4, 0.5) is 0 Å². The quantitative estimate of drug-likeness (QED) is 0.215. The molecule has 2 aliphatic carbocycles. The molecule has 0 aromatic heterocycles. The van der Waals surface area contributed by atoms with Crippen molar-refractivity contribution < 1.29 is 91.5 Å². The van der Waals surface area contributed by atoms with Crippen LogP contribution in [0.2, 0.25) is 0 Å². The maximum Gasteiger partial charge on any atom is 0.327 e. The van der Waals surface area contributed by atoms with E-state index in [1.807, 2.05) is 0 Å². The van der Waals surface area contributed by atoms with E-state index in [1.165, 1.54) is 5.57 Å². The van der Waals surface area contributed by atoms with Crippen LogP contribution in [-0.4, -0.2) is 38.4 Å². The zero-order chi connectivity index (χ0) is 17.4. The minimum absolute atomic E-state index is 0. The fraction of sp³-hybridized carbons (Fsp3) is 0.867. The van der Waals surface area contributed by atoms with Crippen LogP contribution in [0.3, 0.4) is 0 Å². The monoisotopic (exact) mass is 672 g/mol. The second-order valence-corrected chi connectivity index (χ2v) is 8.39. The zero-order valence-electron chi connectivity index (χ0n) is 15.1. The third-order valence-electron chi connectivity index (χ3n) is 6.11. The topological polar surface area (TPSA) is 99.0 Å². The third-order valence-corrected chi connectivity index (χ3v) is 7.03. The standard InChI is InChI=1S/C15H25NO6P2.3Mo/c1-11-10-14(6-2-12(3-7-14)21-23-18)16(17)15(11)8-4-13(5-9-15)22-24(19)20;;;/h10,12-13,17,24H,2-9H2,1H3,(H,19,20);;;/p+1. The Morgan fingerprint density at radius 2 is 1.67 bits per heavy atom. The predicted octanol–water partition coefficient (Wildman–Crippen LogP) is 2.87. The van der Waals surface area contributed by atoms with Crippen LogP contribution in [0, 0.1) is 0 Å². The summed E-state index contributed by atoms with van der Waals surface area (Å²) in [4.78, 5) is 8.96. The number of hydroxylamine groups is 2. The molecule has 2 saturated carbocycles. The van der Waals surface area contributed by atoms with Gasteiger partial charge in [0.25, 0.3) is 0 Å². The van der Waals surface area contributed by atoms with E-state index in [4.69, 9.17) is 19.1 Å². The Bertz CT molecular complexity index is 552. The van der Waals surface area contributed by atoms with Crippen LogP contribution < -0.4 is 0 Å². The molecule has 3 N–H and O–H groups in total. The average Bonchev–Trinajstić information content (AvgIpc) is 2.74. The predicted molar refractivity (Wildman–Crippen MR) is 90.2 cm³/mol. The summed E-state index contributed by atoms with van der Waals surface area (Å²) in [5.41, 5.74) is 0.686. The fourth-order valence-corrected chi connectivity index (χ4v) is 5.63. The first kappa shape index (κ1) is 28.9. The van der Waals surface area contributed by atoms with Crippen molar-refractivity contribution in [2.75, 3.05) is 0 Å². The van der Waals surface area contributed by atoms with Gasteiger partial charge in [-0.1, -0.05) is 11.1 Å². The van der Waals surface area contributed by atoms with E-state index in [-0.39, 0.29) is 95.2 Å². The van der Waals surface area contributed by atoms with Crippen molar-refractivity contribution >= 4 is 16.9 Å². The summed E-state index contributed by atoms with van der Waals surface area (Å²) >= 11 is 0. The minimum atomic E-state index is -2.90. The SMILES string of the molecule is CC1=CC2(CCC(OP=O)CC2)N([OH2+])C12CCC(O[PH](=O)O)CC2.[Mo].[Mo].[Mo]. The van der Waals surface area contributed by atoms with E-state index in [2.05, 4.69) is 13.0 Å². The van der Waals surface area contributed by atoms with E-state index in [0.717, 1.165) is 38.5 Å². The van der Waals surface area contributed by atoms with E-state index < -0.39 is 8.25 Å². The molecule has 0 amide bonds. The Hall–Kier alpha value is 1.93. The van der Waals surface area contributed by atoms with E-state index in [9.17, 15) is 9.13 Å². The second-order valence-electron chi connectivity index (χ2n) is 7.26. The first-order valence-corrected chi connectivity index (χ1v) is 10.5. The van der Waals surface area contributed by atoms with E-state index in [0.29, 0.717) is 12.8 Å². The summed E-state index contributed by atoms with van der Waals surface area (Å²) in [6.07, 6.45) is 8.33. The van der Waals surface area contributed by atoms with Gasteiger partial charge in [0.05, 0.1) is 12.2 Å². The summed E-state index contributed by atoms with van der Waals surface area (Å²) in [6.45, 7) is 2.10. The average molecular weight is 666 g/mol. The van der Waals surface area contributed by atoms with Crippen molar-refractivity contribution in [3.05, 3.63) is 11.6 Å². The Labute approximate surface area is 205 Å². The Morgan fingerprint density at radius 3 is 2.15 bits per heavy atom. The Morgan fingerprint density at radius 1 is 1.15 bits per heavy atom. The van der Waals surface area contributed by atoms with Gasteiger partial charge >= 0.3 is 16.9 Å². The summed E-state index contributed by atoms with van der Waals surface area (Å²) in [5, 5.41) is 10.6. The Balaban J connectivity index is 0.00000225. The van der Waals surface area contributed by atoms with Gasteiger partial charge in [0.15, 0.2) is 0 Å². The molecule has 12 heteroatoms. The molecule has 3 aliphatic rings. The molecule has 7 nitrogen and oxygen atoms in total. The maximum absolute atomic E-state index is 10.9. The number of rotatable bonds is 4. The minimum Gasteiger partial charge on any atom is -0.337 e. The maximum atomic E-state index is 10.9. The molecule has 0 aromatic carbocycles. The van der Waals surface area contributed by atoms with E-state index >= 15 is 0 Å². The molecule has 1 atom stereocenters. The molecular weight excluding hydrogens is 640 g/mol. The third kappa shape index (κ3) is 6.01. The summed E-state index contributed by atoms with van der Waals surface area (Å²) in [5.74, 6) is 0. The summed E-state index contributed by atoms with van der Waals surface area (Å²) < 4.78 is 31.8. The molecule has 1 heterocycles. The normalized spacial score (nSPS) is 37.2. The van der Waals surface area contributed by atoms with Crippen molar-refractivity contribution in [1.29, 1.82) is 0 Å². The second kappa shape index (κ2) is 12.1. The van der Waals surface area contributed by atoms with Crippen molar-refractivity contribution in [2.45, 2.75) is 81.6 Å². The van der Waals surface area contributed by atoms with Crippen molar-refractivity contribution in [3.63, 3.8) is 0 Å². The number of hydrogen-bond acceptors (Lipinski definition) is 5. The van der Waals surface area contributed by atoms with E-state index in [1.54, 1.807) is 5.06 Å². The number of nitrogens with zero attached hydrogens (tertiary/aromatic N) is 1. The van der Waals surface area contributed by atoms with Gasteiger partial charge in [-0.15, -0.1) is 0 Å². The zero-order valence-corrected chi connectivity index (χ0v) is 23.0. The van der Waals surface area contributed by atoms with Gasteiger partial charge in [-0.25, -0.2) is 4.57 Å². The molecule has 0 radical (unpaired) electrons. The smallest absolute Gasteiger partial charge is 0.327 e. The molecule has 0 saturated heterocycles. The molecule has 154 valence electrons.